The Morgan fingerprint density at radius 2 is 2.04 bits per heavy atom. The molecule has 1 aromatic rings. The van der Waals surface area contributed by atoms with Gasteiger partial charge in [0.1, 0.15) is 5.75 Å². The predicted octanol–water partition coefficient (Wildman–Crippen LogP) is 3.04. The number of rotatable bonds is 7. The summed E-state index contributed by atoms with van der Waals surface area (Å²) in [6, 6.07) is 7.95. The monoisotopic (exact) mass is 334 g/mol. The Morgan fingerprint density at radius 1 is 1.29 bits per heavy atom. The lowest BCUT2D eigenvalue weighted by Crippen LogP contribution is -2.40. The van der Waals surface area contributed by atoms with Crippen LogP contribution in [0.2, 0.25) is 0 Å². The number of aliphatic hydroxyl groups is 1. The Hall–Kier alpha value is -1.75. The zero-order valence-corrected chi connectivity index (χ0v) is 14.8. The van der Waals surface area contributed by atoms with Gasteiger partial charge in [0, 0.05) is 13.1 Å². The third kappa shape index (κ3) is 6.04. The van der Waals surface area contributed by atoms with Gasteiger partial charge in [-0.15, -0.1) is 0 Å². The van der Waals surface area contributed by atoms with E-state index in [9.17, 15) is 9.90 Å². The minimum absolute atomic E-state index is 0.114. The van der Waals surface area contributed by atoms with Gasteiger partial charge in [0.2, 0.25) is 0 Å². The molecule has 5 heteroatoms. The molecule has 0 aromatic heterocycles. The van der Waals surface area contributed by atoms with Gasteiger partial charge in [-0.1, -0.05) is 25.5 Å². The maximum Gasteiger partial charge on any atom is 0.314 e. The van der Waals surface area contributed by atoms with Crippen molar-refractivity contribution in [2.75, 3.05) is 20.2 Å². The molecule has 0 saturated heterocycles. The number of ether oxygens (including phenoxy) is 1. The van der Waals surface area contributed by atoms with Crippen LogP contribution in [-0.2, 0) is 0 Å². The van der Waals surface area contributed by atoms with Crippen molar-refractivity contribution in [2.45, 2.75) is 51.0 Å². The lowest BCUT2D eigenvalue weighted by atomic mass is 9.87. The molecule has 5 nitrogen and oxygen atoms in total. The summed E-state index contributed by atoms with van der Waals surface area (Å²) in [4.78, 5) is 11.9. The van der Waals surface area contributed by atoms with Crippen LogP contribution in [0.5, 0.6) is 5.75 Å². The molecule has 1 fully saturated rings. The number of methoxy groups -OCH3 is 1. The van der Waals surface area contributed by atoms with Crippen LogP contribution in [0.1, 0.15) is 50.5 Å². The second-order valence-electron chi connectivity index (χ2n) is 6.79. The molecule has 2 rings (SSSR count). The first kappa shape index (κ1) is 18.6. The van der Waals surface area contributed by atoms with Crippen LogP contribution >= 0.6 is 0 Å². The number of benzene rings is 1. The average molecular weight is 334 g/mol. The molecule has 3 atom stereocenters. The summed E-state index contributed by atoms with van der Waals surface area (Å²) in [5.74, 6) is 1.64. The van der Waals surface area contributed by atoms with E-state index in [1.165, 1.54) is 5.56 Å². The van der Waals surface area contributed by atoms with Crippen molar-refractivity contribution in [2.24, 2.45) is 5.92 Å². The molecule has 1 aliphatic rings. The number of nitrogens with one attached hydrogen (secondary N) is 2. The molecule has 0 radical (unpaired) electrons. The predicted molar refractivity (Wildman–Crippen MR) is 95.4 cm³/mol. The minimum Gasteiger partial charge on any atom is -0.497 e. The van der Waals surface area contributed by atoms with Gasteiger partial charge in [-0.25, -0.2) is 4.79 Å². The first-order chi connectivity index (χ1) is 11.6. The quantitative estimate of drug-likeness (QED) is 0.718. The van der Waals surface area contributed by atoms with E-state index in [1.54, 1.807) is 7.11 Å². The molecule has 0 bridgehead atoms. The Labute approximate surface area is 144 Å². The molecule has 134 valence electrons. The molecule has 3 unspecified atom stereocenters. The lowest BCUT2D eigenvalue weighted by molar-refractivity contribution is 0.101. The molecule has 1 aromatic carbocycles. The molecule has 0 spiro atoms. The van der Waals surface area contributed by atoms with Gasteiger partial charge in [0.05, 0.1) is 13.2 Å². The van der Waals surface area contributed by atoms with Crippen molar-refractivity contribution >= 4 is 6.03 Å². The number of aliphatic hydroxyl groups excluding tert-OH is 1. The fraction of sp³-hybridized carbons (Fsp3) is 0.632. The Bertz CT molecular complexity index is 504. The highest BCUT2D eigenvalue weighted by molar-refractivity contribution is 5.73. The van der Waals surface area contributed by atoms with E-state index in [0.29, 0.717) is 24.9 Å². The first-order valence-electron chi connectivity index (χ1n) is 8.92. The van der Waals surface area contributed by atoms with Crippen molar-refractivity contribution in [3.05, 3.63) is 29.8 Å². The normalized spacial score (nSPS) is 21.8. The first-order valence-corrected chi connectivity index (χ1v) is 8.92. The summed E-state index contributed by atoms with van der Waals surface area (Å²) in [5.41, 5.74) is 1.24. The van der Waals surface area contributed by atoms with Gasteiger partial charge in [0.25, 0.3) is 0 Å². The third-order valence-corrected chi connectivity index (χ3v) is 4.85. The number of urea groups is 1. The van der Waals surface area contributed by atoms with E-state index >= 15 is 0 Å². The molecule has 3 N–H and O–H groups in total. The van der Waals surface area contributed by atoms with Crippen molar-refractivity contribution < 1.29 is 14.6 Å². The average Bonchev–Trinajstić information content (AvgIpc) is 2.60. The zero-order chi connectivity index (χ0) is 17.4. The van der Waals surface area contributed by atoms with E-state index in [0.717, 1.165) is 37.9 Å². The fourth-order valence-corrected chi connectivity index (χ4v) is 3.25. The summed E-state index contributed by atoms with van der Waals surface area (Å²) in [6.45, 7) is 3.45. The zero-order valence-electron chi connectivity index (χ0n) is 14.8. The summed E-state index contributed by atoms with van der Waals surface area (Å²) in [5, 5.41) is 15.5. The van der Waals surface area contributed by atoms with E-state index in [2.05, 4.69) is 29.7 Å². The Morgan fingerprint density at radius 3 is 2.71 bits per heavy atom. The number of hydrogen-bond donors (Lipinski definition) is 3. The van der Waals surface area contributed by atoms with E-state index in [-0.39, 0.29) is 12.1 Å². The van der Waals surface area contributed by atoms with Gasteiger partial charge in [0.15, 0.2) is 0 Å². The van der Waals surface area contributed by atoms with Crippen molar-refractivity contribution in [3.63, 3.8) is 0 Å². The highest BCUT2D eigenvalue weighted by Gasteiger charge is 2.20. The van der Waals surface area contributed by atoms with Gasteiger partial charge in [-0.05, 0) is 55.2 Å². The Balaban J connectivity index is 1.62. The van der Waals surface area contributed by atoms with Crippen molar-refractivity contribution in [1.29, 1.82) is 0 Å². The van der Waals surface area contributed by atoms with E-state index in [4.69, 9.17) is 4.74 Å². The highest BCUT2D eigenvalue weighted by Crippen LogP contribution is 2.23. The summed E-state index contributed by atoms with van der Waals surface area (Å²) in [7, 11) is 1.66. The van der Waals surface area contributed by atoms with Gasteiger partial charge >= 0.3 is 6.03 Å². The van der Waals surface area contributed by atoms with Crippen LogP contribution in [0.3, 0.4) is 0 Å². The maximum absolute atomic E-state index is 11.9. The lowest BCUT2D eigenvalue weighted by Gasteiger charge is -2.25. The number of carbonyl (C=O) groups excluding carboxylic acids is 1. The van der Waals surface area contributed by atoms with Crippen LogP contribution in [0.4, 0.5) is 4.79 Å². The second-order valence-corrected chi connectivity index (χ2v) is 6.79. The summed E-state index contributed by atoms with van der Waals surface area (Å²) < 4.78 is 5.16. The van der Waals surface area contributed by atoms with Gasteiger partial charge in [-0.2, -0.15) is 0 Å². The standard InChI is InChI=1S/C19H30N2O3/c1-14(16-6-8-18(24-2)9-7-16)10-11-20-19(23)21-13-15-4-3-5-17(22)12-15/h6-9,14-15,17,22H,3-5,10-13H2,1-2H3,(H2,20,21,23). The van der Waals surface area contributed by atoms with Crippen LogP contribution in [-0.4, -0.2) is 37.4 Å². The fourth-order valence-electron chi connectivity index (χ4n) is 3.25. The molecule has 2 amide bonds. The van der Waals surface area contributed by atoms with E-state index < -0.39 is 0 Å². The Kier molecular flexibility index (Phi) is 7.37. The molecular formula is C19H30N2O3. The van der Waals surface area contributed by atoms with Crippen LogP contribution in [0.25, 0.3) is 0 Å². The molecule has 0 aliphatic heterocycles. The second kappa shape index (κ2) is 9.52. The van der Waals surface area contributed by atoms with E-state index in [1.807, 2.05) is 12.1 Å². The van der Waals surface area contributed by atoms with Crippen LogP contribution in [0.15, 0.2) is 24.3 Å². The minimum atomic E-state index is -0.195. The topological polar surface area (TPSA) is 70.6 Å². The van der Waals surface area contributed by atoms with Crippen LogP contribution in [0, 0.1) is 5.92 Å². The summed E-state index contributed by atoms with van der Waals surface area (Å²) >= 11 is 0. The van der Waals surface area contributed by atoms with Crippen LogP contribution < -0.4 is 15.4 Å². The largest absolute Gasteiger partial charge is 0.497 e. The summed E-state index contributed by atoms with van der Waals surface area (Å²) in [6.07, 6.45) is 4.53. The number of hydrogen-bond acceptors (Lipinski definition) is 3. The molecule has 24 heavy (non-hydrogen) atoms. The highest BCUT2D eigenvalue weighted by atomic mass is 16.5. The van der Waals surface area contributed by atoms with Crippen molar-refractivity contribution in [3.8, 4) is 5.75 Å². The van der Waals surface area contributed by atoms with Gasteiger partial charge in [-0.3, -0.25) is 0 Å². The van der Waals surface area contributed by atoms with Gasteiger partial charge < -0.3 is 20.5 Å². The SMILES string of the molecule is COc1ccc(C(C)CCNC(=O)NCC2CCCC(O)C2)cc1. The smallest absolute Gasteiger partial charge is 0.314 e. The molecule has 0 heterocycles. The molecular weight excluding hydrogens is 304 g/mol. The molecule has 1 aliphatic carbocycles. The third-order valence-electron chi connectivity index (χ3n) is 4.85. The molecule has 1 saturated carbocycles. The number of carbonyl (C=O) groups is 1. The van der Waals surface area contributed by atoms with Crippen molar-refractivity contribution in [1.82, 2.24) is 10.6 Å². The maximum atomic E-state index is 11.9. The number of amides is 2.